The Labute approximate surface area is 85.3 Å². The molecule has 0 saturated carbocycles. The minimum Gasteiger partial charge on any atom is -0.496 e. The summed E-state index contributed by atoms with van der Waals surface area (Å²) < 4.78 is 44.1. The van der Waals surface area contributed by atoms with Crippen molar-refractivity contribution >= 4 is 0 Å². The van der Waals surface area contributed by atoms with E-state index in [0.717, 1.165) is 0 Å². The lowest BCUT2D eigenvalue weighted by Crippen LogP contribution is -2.20. The van der Waals surface area contributed by atoms with Crippen LogP contribution >= 0.6 is 0 Å². The molecule has 1 aromatic carbocycles. The number of halogens is 3. The van der Waals surface area contributed by atoms with E-state index in [-0.39, 0.29) is 11.3 Å². The first-order valence-electron chi connectivity index (χ1n) is 4.25. The Morgan fingerprint density at radius 1 is 1.40 bits per heavy atom. The molecule has 0 aliphatic heterocycles. The molecule has 1 N–H and O–H groups in total. The number of methoxy groups -OCH3 is 1. The molecular formula is C10H11F3O2. The summed E-state index contributed by atoms with van der Waals surface area (Å²) in [4.78, 5) is 0. The van der Waals surface area contributed by atoms with Gasteiger partial charge in [-0.15, -0.1) is 0 Å². The van der Waals surface area contributed by atoms with Gasteiger partial charge < -0.3 is 9.84 Å². The second-order valence-corrected chi connectivity index (χ2v) is 3.16. The molecule has 0 unspecified atom stereocenters. The minimum absolute atomic E-state index is 0.132. The average molecular weight is 220 g/mol. The van der Waals surface area contributed by atoms with Crippen molar-refractivity contribution in [1.29, 1.82) is 0 Å². The van der Waals surface area contributed by atoms with Gasteiger partial charge in [-0.25, -0.2) is 4.39 Å². The van der Waals surface area contributed by atoms with Crippen molar-refractivity contribution in [2.45, 2.75) is 12.8 Å². The van der Waals surface area contributed by atoms with Gasteiger partial charge in [0, 0.05) is 0 Å². The fourth-order valence-electron chi connectivity index (χ4n) is 1.19. The summed E-state index contributed by atoms with van der Waals surface area (Å²) in [6.45, 7) is 0.0601. The molecule has 0 aliphatic rings. The largest absolute Gasteiger partial charge is 0.496 e. The molecule has 1 rings (SSSR count). The van der Waals surface area contributed by atoms with E-state index in [1.54, 1.807) is 0 Å². The van der Waals surface area contributed by atoms with Crippen molar-refractivity contribution in [3.63, 3.8) is 0 Å². The highest BCUT2D eigenvalue weighted by Crippen LogP contribution is 2.35. The Balaban J connectivity index is 3.34. The molecule has 0 saturated heterocycles. The summed E-state index contributed by atoms with van der Waals surface area (Å²) in [5.41, 5.74) is -0.431. The Hall–Kier alpha value is -1.23. The number of hydrogen-bond donors (Lipinski definition) is 1. The van der Waals surface area contributed by atoms with Crippen LogP contribution in [0.25, 0.3) is 0 Å². The fourth-order valence-corrected chi connectivity index (χ4v) is 1.19. The number of rotatable bonds is 3. The summed E-state index contributed by atoms with van der Waals surface area (Å²) in [7, 11) is 1.21. The maximum atomic E-state index is 13.1. The first-order chi connectivity index (χ1) is 6.92. The Morgan fingerprint density at radius 2 is 2.00 bits per heavy atom. The average Bonchev–Trinajstić information content (AvgIpc) is 2.21. The third-order valence-corrected chi connectivity index (χ3v) is 2.07. The van der Waals surface area contributed by atoms with Crippen LogP contribution in [-0.2, 0) is 5.92 Å². The molecule has 0 atom stereocenters. The van der Waals surface area contributed by atoms with Crippen LogP contribution in [0, 0.1) is 12.7 Å². The zero-order valence-corrected chi connectivity index (χ0v) is 8.35. The van der Waals surface area contributed by atoms with Gasteiger partial charge in [0.05, 0.1) is 12.7 Å². The summed E-state index contributed by atoms with van der Waals surface area (Å²) >= 11 is 0. The SMILES string of the molecule is COc1cc(C)c(F)cc1C(F)(F)CO. The molecule has 0 heterocycles. The van der Waals surface area contributed by atoms with E-state index in [0.29, 0.717) is 6.07 Å². The fraction of sp³-hybridized carbons (Fsp3) is 0.400. The molecule has 0 fully saturated rings. The lowest BCUT2D eigenvalue weighted by molar-refractivity contribution is -0.0573. The minimum atomic E-state index is -3.50. The molecule has 1 aromatic rings. The smallest absolute Gasteiger partial charge is 0.299 e. The Bertz CT molecular complexity index is 364. The zero-order chi connectivity index (χ0) is 11.6. The van der Waals surface area contributed by atoms with Gasteiger partial charge in [-0.05, 0) is 24.6 Å². The first-order valence-corrected chi connectivity index (χ1v) is 4.25. The van der Waals surface area contributed by atoms with Gasteiger partial charge >= 0.3 is 0 Å². The predicted octanol–water partition coefficient (Wildman–Crippen LogP) is 2.23. The first kappa shape index (κ1) is 11.8. The standard InChI is InChI=1S/C10H11F3O2/c1-6-3-9(15-2)7(4-8(6)11)10(12,13)5-14/h3-4,14H,5H2,1-2H3. The van der Waals surface area contributed by atoms with Crippen LogP contribution in [0.15, 0.2) is 12.1 Å². The molecule has 2 nitrogen and oxygen atoms in total. The second-order valence-electron chi connectivity index (χ2n) is 3.16. The number of alkyl halides is 2. The van der Waals surface area contributed by atoms with Gasteiger partial charge in [0.25, 0.3) is 5.92 Å². The summed E-state index contributed by atoms with van der Waals surface area (Å²) in [6, 6.07) is 1.86. The molecule has 5 heteroatoms. The normalized spacial score (nSPS) is 11.6. The van der Waals surface area contributed by atoms with Crippen LogP contribution in [0.4, 0.5) is 13.2 Å². The maximum Gasteiger partial charge on any atom is 0.299 e. The summed E-state index contributed by atoms with van der Waals surface area (Å²) in [5.74, 6) is -4.38. The quantitative estimate of drug-likeness (QED) is 0.846. The third-order valence-electron chi connectivity index (χ3n) is 2.07. The van der Waals surface area contributed by atoms with E-state index in [1.165, 1.54) is 20.1 Å². The molecular weight excluding hydrogens is 209 g/mol. The number of aliphatic hydroxyl groups excluding tert-OH is 1. The maximum absolute atomic E-state index is 13.1. The predicted molar refractivity (Wildman–Crippen MR) is 48.7 cm³/mol. The number of ether oxygens (including phenoxy) is 1. The van der Waals surface area contributed by atoms with E-state index in [2.05, 4.69) is 0 Å². The molecule has 84 valence electrons. The molecule has 0 radical (unpaired) electrons. The number of benzene rings is 1. The van der Waals surface area contributed by atoms with Crippen molar-refractivity contribution in [2.75, 3.05) is 13.7 Å². The molecule has 0 bridgehead atoms. The van der Waals surface area contributed by atoms with Gasteiger partial charge in [0.15, 0.2) is 0 Å². The van der Waals surface area contributed by atoms with Crippen LogP contribution in [0.2, 0.25) is 0 Å². The van der Waals surface area contributed by atoms with E-state index in [9.17, 15) is 13.2 Å². The van der Waals surface area contributed by atoms with Crippen molar-refractivity contribution in [3.05, 3.63) is 29.1 Å². The van der Waals surface area contributed by atoms with Crippen LogP contribution in [0.1, 0.15) is 11.1 Å². The van der Waals surface area contributed by atoms with E-state index >= 15 is 0 Å². The van der Waals surface area contributed by atoms with Crippen molar-refractivity contribution < 1.29 is 23.0 Å². The Kier molecular flexibility index (Phi) is 3.24. The number of aryl methyl sites for hydroxylation is 1. The topological polar surface area (TPSA) is 29.5 Å². The lowest BCUT2D eigenvalue weighted by Gasteiger charge is -2.17. The van der Waals surface area contributed by atoms with Crippen LogP contribution in [-0.4, -0.2) is 18.8 Å². The van der Waals surface area contributed by atoms with Crippen molar-refractivity contribution in [3.8, 4) is 5.75 Å². The zero-order valence-electron chi connectivity index (χ0n) is 8.35. The Morgan fingerprint density at radius 3 is 2.47 bits per heavy atom. The molecule has 0 aromatic heterocycles. The lowest BCUT2D eigenvalue weighted by atomic mass is 10.0. The van der Waals surface area contributed by atoms with Crippen LogP contribution in [0.5, 0.6) is 5.75 Å². The van der Waals surface area contributed by atoms with Gasteiger partial charge in [-0.1, -0.05) is 0 Å². The monoisotopic (exact) mass is 220 g/mol. The van der Waals surface area contributed by atoms with Gasteiger partial charge in [0.2, 0.25) is 0 Å². The van der Waals surface area contributed by atoms with Crippen molar-refractivity contribution in [2.24, 2.45) is 0 Å². The van der Waals surface area contributed by atoms with Crippen LogP contribution in [0.3, 0.4) is 0 Å². The van der Waals surface area contributed by atoms with Gasteiger partial charge in [-0.2, -0.15) is 8.78 Å². The highest BCUT2D eigenvalue weighted by Gasteiger charge is 2.34. The van der Waals surface area contributed by atoms with Crippen molar-refractivity contribution in [1.82, 2.24) is 0 Å². The molecule has 0 spiro atoms. The number of aliphatic hydroxyl groups is 1. The molecule has 0 amide bonds. The molecule has 15 heavy (non-hydrogen) atoms. The third kappa shape index (κ3) is 2.23. The highest BCUT2D eigenvalue weighted by atomic mass is 19.3. The van der Waals surface area contributed by atoms with Gasteiger partial charge in [0.1, 0.15) is 18.2 Å². The van der Waals surface area contributed by atoms with E-state index in [1.807, 2.05) is 0 Å². The molecule has 0 aliphatic carbocycles. The summed E-state index contributed by atoms with van der Waals surface area (Å²) in [6.07, 6.45) is 0. The highest BCUT2D eigenvalue weighted by molar-refractivity contribution is 5.40. The van der Waals surface area contributed by atoms with E-state index < -0.39 is 23.9 Å². The van der Waals surface area contributed by atoms with E-state index in [4.69, 9.17) is 9.84 Å². The van der Waals surface area contributed by atoms with Gasteiger partial charge in [-0.3, -0.25) is 0 Å². The second kappa shape index (κ2) is 4.10. The summed E-state index contributed by atoms with van der Waals surface area (Å²) in [5, 5.41) is 8.50. The van der Waals surface area contributed by atoms with Crippen LogP contribution < -0.4 is 4.74 Å². The number of hydrogen-bond acceptors (Lipinski definition) is 2.